The van der Waals surface area contributed by atoms with E-state index in [1.54, 1.807) is 27.4 Å². The zero-order valence-electron chi connectivity index (χ0n) is 6.72. The molecule has 0 aromatic heterocycles. The first-order valence-electron chi connectivity index (χ1n) is 3.20. The van der Waals surface area contributed by atoms with Crippen LogP contribution in [0.5, 0.6) is 0 Å². The zero-order chi connectivity index (χ0) is 8.73. The predicted molar refractivity (Wildman–Crippen MR) is 40.9 cm³/mol. The van der Waals surface area contributed by atoms with Crippen LogP contribution < -0.4 is 0 Å². The molecule has 0 saturated heterocycles. The van der Waals surface area contributed by atoms with Gasteiger partial charge in [-0.05, 0) is 0 Å². The summed E-state index contributed by atoms with van der Waals surface area (Å²) in [5.74, 6) is 0.325. The van der Waals surface area contributed by atoms with Crippen molar-refractivity contribution in [1.82, 2.24) is 0 Å². The van der Waals surface area contributed by atoms with Gasteiger partial charge in [0.2, 0.25) is 0 Å². The maximum Gasteiger partial charge on any atom is -0.0564 e. The van der Waals surface area contributed by atoms with Gasteiger partial charge in [0.1, 0.15) is 0 Å². The quantitative estimate of drug-likeness (QED) is 0.542. The SMILES string of the molecule is CC(C)[CH]([Ti])[PH](=O)O.[CH2]C. The maximum absolute atomic E-state index is 10.3. The van der Waals surface area contributed by atoms with Crippen molar-refractivity contribution in [2.75, 3.05) is 0 Å². The minimum atomic E-state index is -2.26. The van der Waals surface area contributed by atoms with E-state index in [1.807, 2.05) is 13.8 Å². The molecule has 0 spiro atoms. The Morgan fingerprint density at radius 3 is 1.80 bits per heavy atom. The first-order chi connectivity index (χ1) is 4.55. The van der Waals surface area contributed by atoms with E-state index in [1.165, 1.54) is 0 Å². The minimum Gasteiger partial charge on any atom is -0.0654 e. The molecule has 1 radical (unpaired) electrons. The number of hydrogen-bond donors (Lipinski definition) is 1. The Morgan fingerprint density at radius 1 is 1.50 bits per heavy atom. The van der Waals surface area contributed by atoms with Gasteiger partial charge >= 0.3 is 61.7 Å². The van der Waals surface area contributed by atoms with Crippen molar-refractivity contribution in [1.29, 1.82) is 0 Å². The fraction of sp³-hybridized carbons (Fsp3) is 0.833. The van der Waals surface area contributed by atoms with Gasteiger partial charge in [-0.2, -0.15) is 0 Å². The Balaban J connectivity index is 0. The summed E-state index contributed by atoms with van der Waals surface area (Å²) >= 11 is 1.80. The van der Waals surface area contributed by atoms with Gasteiger partial charge in [-0.15, -0.1) is 0 Å². The second-order valence-electron chi connectivity index (χ2n) is 2.06. The van der Waals surface area contributed by atoms with E-state index in [0.29, 0.717) is 5.92 Å². The summed E-state index contributed by atoms with van der Waals surface area (Å²) < 4.78 is 10.3. The molecule has 0 fully saturated rings. The monoisotopic (exact) mass is 198 g/mol. The van der Waals surface area contributed by atoms with Gasteiger partial charge in [-0.25, -0.2) is 0 Å². The molecule has 0 bridgehead atoms. The molecule has 0 aliphatic rings. The van der Waals surface area contributed by atoms with E-state index >= 15 is 0 Å². The van der Waals surface area contributed by atoms with Crippen LogP contribution in [0.1, 0.15) is 20.8 Å². The second-order valence-corrected chi connectivity index (χ2v) is 5.23. The fourth-order valence-electron chi connectivity index (χ4n) is 0.285. The maximum atomic E-state index is 10.3. The third-order valence-electron chi connectivity index (χ3n) is 0.933. The molecule has 1 N–H and O–H groups in total. The van der Waals surface area contributed by atoms with Gasteiger partial charge in [0.05, 0.1) is 0 Å². The van der Waals surface area contributed by atoms with Crippen molar-refractivity contribution in [3.05, 3.63) is 6.92 Å². The third-order valence-corrected chi connectivity index (χ3v) is 4.33. The van der Waals surface area contributed by atoms with E-state index in [-0.39, 0.29) is 3.96 Å². The molecule has 60 valence electrons. The molecule has 4 heteroatoms. The summed E-state index contributed by atoms with van der Waals surface area (Å²) in [6.45, 7) is 8.90. The average Bonchev–Trinajstić information content (AvgIpc) is 1.90. The summed E-state index contributed by atoms with van der Waals surface area (Å²) in [4.78, 5) is 8.54. The molecule has 10 heavy (non-hydrogen) atoms. The normalized spacial score (nSPS) is 15.3. The number of hydrogen-bond acceptors (Lipinski definition) is 1. The topological polar surface area (TPSA) is 37.3 Å². The van der Waals surface area contributed by atoms with E-state index in [9.17, 15) is 4.57 Å². The van der Waals surface area contributed by atoms with Crippen molar-refractivity contribution in [2.45, 2.75) is 24.7 Å². The molecule has 0 aromatic carbocycles. The Hall–Kier alpha value is 0.904. The van der Waals surface area contributed by atoms with E-state index in [2.05, 4.69) is 6.92 Å². The summed E-state index contributed by atoms with van der Waals surface area (Å²) in [7, 11) is -2.26. The van der Waals surface area contributed by atoms with Gasteiger partial charge in [-0.1, -0.05) is 13.8 Å². The molecule has 0 saturated carbocycles. The van der Waals surface area contributed by atoms with E-state index in [4.69, 9.17) is 4.89 Å². The van der Waals surface area contributed by atoms with Crippen molar-refractivity contribution in [2.24, 2.45) is 5.92 Å². The van der Waals surface area contributed by atoms with Gasteiger partial charge in [-0.3, -0.25) is 0 Å². The molecule has 0 aromatic rings. The predicted octanol–water partition coefficient (Wildman–Crippen LogP) is 1.82. The van der Waals surface area contributed by atoms with Crippen molar-refractivity contribution < 1.29 is 29.9 Å². The molecule has 0 heterocycles. The third kappa shape index (κ3) is 7.02. The van der Waals surface area contributed by atoms with Crippen LogP contribution in [-0.4, -0.2) is 8.86 Å². The van der Waals surface area contributed by atoms with Crippen LogP contribution >= 0.6 is 8.03 Å². The molecular weight excluding hydrogens is 183 g/mol. The van der Waals surface area contributed by atoms with Crippen LogP contribution in [0.25, 0.3) is 0 Å². The van der Waals surface area contributed by atoms with Gasteiger partial charge in [0.25, 0.3) is 0 Å². The zero-order valence-corrected chi connectivity index (χ0v) is 9.28. The van der Waals surface area contributed by atoms with Crippen LogP contribution in [0.15, 0.2) is 0 Å². The first kappa shape index (κ1) is 13.5. The van der Waals surface area contributed by atoms with Gasteiger partial charge < -0.3 is 0 Å². The van der Waals surface area contributed by atoms with E-state index < -0.39 is 8.03 Å². The summed E-state index contributed by atoms with van der Waals surface area (Å²) in [5.41, 5.74) is 0. The molecule has 0 aliphatic heterocycles. The Bertz CT molecular complexity index is 95.7. The van der Waals surface area contributed by atoms with Crippen LogP contribution in [-0.2, 0) is 25.0 Å². The van der Waals surface area contributed by atoms with Crippen LogP contribution in [0.4, 0.5) is 0 Å². The fourth-order valence-corrected chi connectivity index (χ4v) is 0.855. The van der Waals surface area contributed by atoms with Crippen LogP contribution in [0.2, 0.25) is 0 Å². The van der Waals surface area contributed by atoms with Crippen molar-refractivity contribution in [3.63, 3.8) is 0 Å². The average molecular weight is 198 g/mol. The summed E-state index contributed by atoms with van der Waals surface area (Å²) in [6, 6.07) is 0. The molecular formula is C6H15O2PTi. The second kappa shape index (κ2) is 8.01. The van der Waals surface area contributed by atoms with Crippen molar-refractivity contribution >= 4 is 8.03 Å². The summed E-state index contributed by atoms with van der Waals surface area (Å²) in [6.07, 6.45) is 0. The van der Waals surface area contributed by atoms with Crippen LogP contribution in [0.3, 0.4) is 0 Å². The molecule has 2 nitrogen and oxygen atoms in total. The van der Waals surface area contributed by atoms with Gasteiger partial charge in [0, 0.05) is 0 Å². The smallest absolute Gasteiger partial charge is 0.0564 e. The Labute approximate surface area is 75.7 Å². The first-order valence-corrected chi connectivity index (χ1v) is 5.53. The molecule has 0 rings (SSSR count). The summed E-state index contributed by atoms with van der Waals surface area (Å²) in [5, 5.41) is 0. The van der Waals surface area contributed by atoms with Gasteiger partial charge in [0.15, 0.2) is 0 Å². The van der Waals surface area contributed by atoms with E-state index in [0.717, 1.165) is 0 Å². The molecule has 2 atom stereocenters. The largest absolute Gasteiger partial charge is 0.0654 e. The standard InChI is InChI=1S/C4H10O2P.C2H5.Ti/c1-4(2)3-7(5)6;1-2;/h3-4,7H,1-2H3,(H,5,6);1H2,2H3;. The number of rotatable bonds is 2. The molecule has 2 unspecified atom stereocenters. The minimum absolute atomic E-state index is 0.0278. The molecule has 0 aliphatic carbocycles. The Kier molecular flexibility index (Phi) is 10.8. The van der Waals surface area contributed by atoms with Crippen LogP contribution in [0, 0.1) is 12.8 Å². The Morgan fingerprint density at radius 2 is 1.80 bits per heavy atom. The van der Waals surface area contributed by atoms with Crippen molar-refractivity contribution in [3.8, 4) is 0 Å². The molecule has 0 amide bonds.